The molecule has 0 radical (unpaired) electrons. The van der Waals surface area contributed by atoms with E-state index in [0.29, 0.717) is 18.0 Å². The number of amides is 1. The van der Waals surface area contributed by atoms with E-state index in [1.807, 2.05) is 6.92 Å². The lowest BCUT2D eigenvalue weighted by Crippen LogP contribution is -2.46. The zero-order valence-electron chi connectivity index (χ0n) is 14.6. The smallest absolute Gasteiger partial charge is 0.377 e. The van der Waals surface area contributed by atoms with Gasteiger partial charge in [-0.15, -0.1) is 4.68 Å². The summed E-state index contributed by atoms with van der Waals surface area (Å²) in [5, 5.41) is 7.65. The van der Waals surface area contributed by atoms with Crippen molar-refractivity contribution < 1.29 is 9.53 Å². The maximum absolute atomic E-state index is 12.8. The molecule has 1 aromatic carbocycles. The normalized spacial score (nSPS) is 15.1. The zero-order valence-corrected chi connectivity index (χ0v) is 14.6. The summed E-state index contributed by atoms with van der Waals surface area (Å²) >= 11 is 0. The molecule has 134 valence electrons. The summed E-state index contributed by atoms with van der Waals surface area (Å²) in [5.41, 5.74) is -0.0324. The highest BCUT2D eigenvalue weighted by molar-refractivity contribution is 5.75. The van der Waals surface area contributed by atoms with Gasteiger partial charge in [-0.3, -0.25) is 0 Å². The molecule has 0 saturated heterocycles. The molecule has 8 nitrogen and oxygen atoms in total. The van der Waals surface area contributed by atoms with Crippen LogP contribution >= 0.6 is 0 Å². The van der Waals surface area contributed by atoms with Gasteiger partial charge in [-0.1, -0.05) is 19.3 Å². The monoisotopic (exact) mass is 345 g/mol. The first-order chi connectivity index (χ1) is 12.2. The van der Waals surface area contributed by atoms with Gasteiger partial charge in [0.2, 0.25) is 0 Å². The molecule has 0 N–H and O–H groups in total. The Hall–Kier alpha value is -2.64. The molecule has 1 heterocycles. The van der Waals surface area contributed by atoms with Crippen molar-refractivity contribution in [1.82, 2.24) is 24.7 Å². The second kappa shape index (κ2) is 7.50. The van der Waals surface area contributed by atoms with E-state index >= 15 is 0 Å². The second-order valence-electron chi connectivity index (χ2n) is 6.14. The van der Waals surface area contributed by atoms with Gasteiger partial charge in [-0.25, -0.2) is 9.59 Å². The van der Waals surface area contributed by atoms with Crippen LogP contribution in [0.5, 0.6) is 5.75 Å². The average Bonchev–Trinajstić information content (AvgIpc) is 3.04. The van der Waals surface area contributed by atoms with Crippen LogP contribution in [0.15, 0.2) is 29.1 Å². The first kappa shape index (κ1) is 17.2. The average molecular weight is 345 g/mol. The van der Waals surface area contributed by atoms with E-state index in [0.717, 1.165) is 35.0 Å². The van der Waals surface area contributed by atoms with Crippen molar-refractivity contribution in [2.45, 2.75) is 45.1 Å². The van der Waals surface area contributed by atoms with Crippen LogP contribution in [0.4, 0.5) is 4.79 Å². The molecular weight excluding hydrogens is 322 g/mol. The van der Waals surface area contributed by atoms with Crippen molar-refractivity contribution in [2.24, 2.45) is 0 Å². The largest absolute Gasteiger partial charge is 0.497 e. The van der Waals surface area contributed by atoms with Gasteiger partial charge in [0, 0.05) is 12.6 Å². The highest BCUT2D eigenvalue weighted by Gasteiger charge is 2.27. The molecule has 3 rings (SSSR count). The van der Waals surface area contributed by atoms with Crippen LogP contribution in [0.1, 0.15) is 39.0 Å². The molecule has 1 amide bonds. The lowest BCUT2D eigenvalue weighted by molar-refractivity contribution is 0.157. The molecule has 1 aliphatic carbocycles. The molecular formula is C17H23N5O3. The van der Waals surface area contributed by atoms with Crippen LogP contribution < -0.4 is 10.4 Å². The van der Waals surface area contributed by atoms with E-state index < -0.39 is 11.7 Å². The van der Waals surface area contributed by atoms with Gasteiger partial charge in [-0.2, -0.15) is 4.68 Å². The van der Waals surface area contributed by atoms with E-state index in [1.54, 1.807) is 36.3 Å². The van der Waals surface area contributed by atoms with Crippen LogP contribution in [0, 0.1) is 0 Å². The predicted molar refractivity (Wildman–Crippen MR) is 92.2 cm³/mol. The molecule has 8 heteroatoms. The SMILES string of the molecule is CCN(C(=O)n1nnn(-c2ccc(OC)cc2)c1=O)C1CCCCC1. The molecule has 0 bridgehead atoms. The number of methoxy groups -OCH3 is 1. The summed E-state index contributed by atoms with van der Waals surface area (Å²) in [6, 6.07) is 6.61. The summed E-state index contributed by atoms with van der Waals surface area (Å²) in [7, 11) is 1.57. The number of rotatable bonds is 4. The molecule has 1 aliphatic rings. The number of aromatic nitrogens is 4. The molecule has 0 aliphatic heterocycles. The van der Waals surface area contributed by atoms with Gasteiger partial charge in [-0.05, 0) is 54.5 Å². The van der Waals surface area contributed by atoms with Crippen LogP contribution in [-0.4, -0.2) is 50.4 Å². The third-order valence-corrected chi connectivity index (χ3v) is 4.68. The van der Waals surface area contributed by atoms with Gasteiger partial charge >= 0.3 is 11.7 Å². The first-order valence-corrected chi connectivity index (χ1v) is 8.66. The Morgan fingerprint density at radius 3 is 2.48 bits per heavy atom. The minimum atomic E-state index is -0.565. The van der Waals surface area contributed by atoms with Crippen LogP contribution in [0.3, 0.4) is 0 Å². The van der Waals surface area contributed by atoms with Crippen molar-refractivity contribution in [3.63, 3.8) is 0 Å². The Balaban J connectivity index is 1.86. The number of hydrogen-bond donors (Lipinski definition) is 0. The Kier molecular flexibility index (Phi) is 5.16. The summed E-state index contributed by atoms with van der Waals surface area (Å²) in [4.78, 5) is 27.1. The summed E-state index contributed by atoms with van der Waals surface area (Å²) in [6.07, 6.45) is 5.38. The standard InChI is InChI=1S/C17H23N5O3/c1-3-20(13-7-5-4-6-8-13)16(23)22-17(24)21(18-19-22)14-9-11-15(25-2)12-10-14/h9-13H,3-8H2,1-2H3. The summed E-state index contributed by atoms with van der Waals surface area (Å²) in [5.74, 6) is 0.676. The van der Waals surface area contributed by atoms with E-state index in [4.69, 9.17) is 4.74 Å². The maximum atomic E-state index is 12.8. The molecule has 0 atom stereocenters. The van der Waals surface area contributed by atoms with Gasteiger partial charge < -0.3 is 9.64 Å². The molecule has 1 fully saturated rings. The maximum Gasteiger partial charge on any atom is 0.377 e. The van der Waals surface area contributed by atoms with Crippen LogP contribution in [0.25, 0.3) is 5.69 Å². The minimum absolute atomic E-state index is 0.171. The Labute approximate surface area is 146 Å². The summed E-state index contributed by atoms with van der Waals surface area (Å²) in [6.45, 7) is 2.47. The van der Waals surface area contributed by atoms with Gasteiger partial charge in [0.1, 0.15) is 5.75 Å². The quantitative estimate of drug-likeness (QED) is 0.792. The lowest BCUT2D eigenvalue weighted by atomic mass is 9.94. The molecule has 1 aromatic heterocycles. The topological polar surface area (TPSA) is 82.2 Å². The lowest BCUT2D eigenvalue weighted by Gasteiger charge is -2.32. The molecule has 0 spiro atoms. The fraction of sp³-hybridized carbons (Fsp3) is 0.529. The summed E-state index contributed by atoms with van der Waals surface area (Å²) < 4.78 is 7.07. The first-order valence-electron chi connectivity index (χ1n) is 8.66. The number of hydrogen-bond acceptors (Lipinski definition) is 5. The van der Waals surface area contributed by atoms with Gasteiger partial charge in [0.15, 0.2) is 0 Å². The number of tetrazole rings is 1. The zero-order chi connectivity index (χ0) is 17.8. The van der Waals surface area contributed by atoms with Crippen molar-refractivity contribution in [3.05, 3.63) is 34.7 Å². The van der Waals surface area contributed by atoms with Gasteiger partial charge in [0.05, 0.1) is 12.8 Å². The van der Waals surface area contributed by atoms with E-state index in [1.165, 1.54) is 6.42 Å². The Morgan fingerprint density at radius 2 is 1.88 bits per heavy atom. The fourth-order valence-electron chi connectivity index (χ4n) is 3.32. The molecule has 2 aromatic rings. The molecule has 0 unspecified atom stereocenters. The fourth-order valence-corrected chi connectivity index (χ4v) is 3.32. The highest BCUT2D eigenvalue weighted by Crippen LogP contribution is 2.22. The van der Waals surface area contributed by atoms with E-state index in [2.05, 4.69) is 10.4 Å². The number of benzene rings is 1. The third-order valence-electron chi connectivity index (χ3n) is 4.68. The van der Waals surface area contributed by atoms with E-state index in [9.17, 15) is 9.59 Å². The number of carbonyl (C=O) groups is 1. The van der Waals surface area contributed by atoms with Crippen LogP contribution in [0.2, 0.25) is 0 Å². The van der Waals surface area contributed by atoms with Crippen molar-refractivity contribution in [2.75, 3.05) is 13.7 Å². The van der Waals surface area contributed by atoms with Gasteiger partial charge in [0.25, 0.3) is 0 Å². The number of nitrogens with zero attached hydrogens (tertiary/aromatic N) is 5. The second-order valence-corrected chi connectivity index (χ2v) is 6.14. The van der Waals surface area contributed by atoms with Crippen LogP contribution in [-0.2, 0) is 0 Å². The molecule has 25 heavy (non-hydrogen) atoms. The number of ether oxygens (including phenoxy) is 1. The molecule has 1 saturated carbocycles. The van der Waals surface area contributed by atoms with Crippen molar-refractivity contribution in [3.8, 4) is 11.4 Å². The third kappa shape index (κ3) is 3.42. The van der Waals surface area contributed by atoms with E-state index in [-0.39, 0.29) is 6.04 Å². The Morgan fingerprint density at radius 1 is 1.20 bits per heavy atom. The predicted octanol–water partition coefficient (Wildman–Crippen LogP) is 2.06. The Bertz CT molecular complexity index is 774. The van der Waals surface area contributed by atoms with Crippen molar-refractivity contribution in [1.29, 1.82) is 0 Å². The number of carbonyl (C=O) groups excluding carboxylic acids is 1. The highest BCUT2D eigenvalue weighted by atomic mass is 16.5. The minimum Gasteiger partial charge on any atom is -0.497 e. The van der Waals surface area contributed by atoms with Crippen molar-refractivity contribution >= 4 is 6.03 Å².